The van der Waals surface area contributed by atoms with Crippen molar-refractivity contribution in [2.45, 2.75) is 31.7 Å². The number of benzene rings is 1. The second-order valence-corrected chi connectivity index (χ2v) is 6.30. The first-order valence-electron chi connectivity index (χ1n) is 8.13. The highest BCUT2D eigenvalue weighted by atomic mass is 16.6. The second kappa shape index (κ2) is 6.54. The van der Waals surface area contributed by atoms with Crippen molar-refractivity contribution in [2.75, 3.05) is 31.9 Å². The summed E-state index contributed by atoms with van der Waals surface area (Å²) in [4.78, 5) is 27.2. The quantitative estimate of drug-likeness (QED) is 0.522. The van der Waals surface area contributed by atoms with E-state index in [0.717, 1.165) is 13.1 Å². The summed E-state index contributed by atoms with van der Waals surface area (Å²) < 4.78 is 0. The van der Waals surface area contributed by atoms with E-state index in [4.69, 9.17) is 5.73 Å². The number of hydrogen-bond donors (Lipinski definition) is 1. The lowest BCUT2D eigenvalue weighted by atomic mass is 10.1. The van der Waals surface area contributed by atoms with Crippen LogP contribution in [0.4, 0.5) is 11.4 Å². The molecule has 1 aromatic carbocycles. The van der Waals surface area contributed by atoms with Crippen LogP contribution in [0.2, 0.25) is 0 Å². The number of nitrogen functional groups attached to an aromatic ring is 1. The molecule has 1 heterocycles. The molecule has 2 fully saturated rings. The monoisotopic (exact) mass is 318 g/mol. The van der Waals surface area contributed by atoms with Gasteiger partial charge in [-0.05, 0) is 25.0 Å². The van der Waals surface area contributed by atoms with Crippen molar-refractivity contribution < 1.29 is 9.72 Å². The largest absolute Gasteiger partial charge is 0.393 e. The molecule has 3 rings (SSSR count). The molecule has 1 saturated heterocycles. The SMILES string of the molecule is Nc1ccc(C(=O)N2CCN(C3CCCC3)CC2)cc1[N+](=O)[O-]. The molecule has 1 amide bonds. The van der Waals surface area contributed by atoms with Crippen molar-refractivity contribution in [1.82, 2.24) is 9.80 Å². The number of piperazine rings is 1. The van der Waals surface area contributed by atoms with E-state index in [0.29, 0.717) is 24.7 Å². The van der Waals surface area contributed by atoms with Crippen LogP contribution >= 0.6 is 0 Å². The maximum Gasteiger partial charge on any atom is 0.292 e. The Labute approximate surface area is 135 Å². The van der Waals surface area contributed by atoms with Gasteiger partial charge in [0, 0.05) is 43.9 Å². The van der Waals surface area contributed by atoms with Crippen LogP contribution in [0.5, 0.6) is 0 Å². The van der Waals surface area contributed by atoms with Crippen LogP contribution in [0.1, 0.15) is 36.0 Å². The molecule has 124 valence electrons. The molecule has 2 N–H and O–H groups in total. The molecule has 7 heteroatoms. The minimum Gasteiger partial charge on any atom is -0.393 e. The Bertz CT molecular complexity index is 605. The number of anilines is 1. The van der Waals surface area contributed by atoms with Gasteiger partial charge in [-0.25, -0.2) is 0 Å². The van der Waals surface area contributed by atoms with E-state index in [1.54, 1.807) is 11.0 Å². The molecule has 1 aliphatic carbocycles. The predicted octanol–water partition coefficient (Wildman–Crippen LogP) is 1.88. The number of nitro groups is 1. The summed E-state index contributed by atoms with van der Waals surface area (Å²) in [6.07, 6.45) is 5.13. The van der Waals surface area contributed by atoms with Gasteiger partial charge in [-0.2, -0.15) is 0 Å². The van der Waals surface area contributed by atoms with Crippen LogP contribution in [0.3, 0.4) is 0 Å². The Hall–Kier alpha value is -2.15. The van der Waals surface area contributed by atoms with Crippen LogP contribution in [-0.2, 0) is 0 Å². The third kappa shape index (κ3) is 3.29. The fraction of sp³-hybridized carbons (Fsp3) is 0.562. The zero-order chi connectivity index (χ0) is 16.4. The average molecular weight is 318 g/mol. The van der Waals surface area contributed by atoms with Gasteiger partial charge in [-0.15, -0.1) is 0 Å². The first-order chi connectivity index (χ1) is 11.1. The summed E-state index contributed by atoms with van der Waals surface area (Å²) in [5, 5.41) is 11.0. The smallest absolute Gasteiger partial charge is 0.292 e. The predicted molar refractivity (Wildman–Crippen MR) is 87.2 cm³/mol. The number of nitrogens with zero attached hydrogens (tertiary/aromatic N) is 3. The molecular formula is C16H22N4O3. The van der Waals surface area contributed by atoms with Crippen molar-refractivity contribution in [2.24, 2.45) is 0 Å². The third-order valence-electron chi connectivity index (χ3n) is 4.92. The van der Waals surface area contributed by atoms with E-state index in [9.17, 15) is 14.9 Å². The number of nitrogens with two attached hydrogens (primary N) is 1. The third-order valence-corrected chi connectivity index (χ3v) is 4.92. The van der Waals surface area contributed by atoms with Crippen molar-refractivity contribution in [1.29, 1.82) is 0 Å². The van der Waals surface area contributed by atoms with Crippen molar-refractivity contribution in [3.63, 3.8) is 0 Å². The molecular weight excluding hydrogens is 296 g/mol. The van der Waals surface area contributed by atoms with E-state index in [2.05, 4.69) is 4.90 Å². The summed E-state index contributed by atoms with van der Waals surface area (Å²) in [5.41, 5.74) is 5.79. The van der Waals surface area contributed by atoms with Gasteiger partial charge in [0.25, 0.3) is 11.6 Å². The minimum absolute atomic E-state index is 0.0811. The summed E-state index contributed by atoms with van der Waals surface area (Å²) in [6, 6.07) is 4.94. The summed E-state index contributed by atoms with van der Waals surface area (Å²) in [7, 11) is 0. The van der Waals surface area contributed by atoms with E-state index < -0.39 is 4.92 Å². The average Bonchev–Trinajstić information content (AvgIpc) is 3.09. The highest BCUT2D eigenvalue weighted by molar-refractivity contribution is 5.95. The molecule has 7 nitrogen and oxygen atoms in total. The van der Waals surface area contributed by atoms with Gasteiger partial charge in [0.05, 0.1) is 4.92 Å². The van der Waals surface area contributed by atoms with Crippen LogP contribution in [0.15, 0.2) is 18.2 Å². The molecule has 0 bridgehead atoms. The topological polar surface area (TPSA) is 92.7 Å². The molecule has 0 radical (unpaired) electrons. The molecule has 0 unspecified atom stereocenters. The Morgan fingerprint density at radius 2 is 1.83 bits per heavy atom. The Balaban J connectivity index is 1.65. The maximum atomic E-state index is 12.6. The second-order valence-electron chi connectivity index (χ2n) is 6.30. The summed E-state index contributed by atoms with van der Waals surface area (Å²) in [5.74, 6) is -0.154. The molecule has 0 atom stereocenters. The molecule has 1 aromatic rings. The van der Waals surface area contributed by atoms with E-state index in [-0.39, 0.29) is 17.3 Å². The van der Waals surface area contributed by atoms with E-state index in [1.165, 1.54) is 37.8 Å². The molecule has 0 aromatic heterocycles. The number of hydrogen-bond acceptors (Lipinski definition) is 5. The highest BCUT2D eigenvalue weighted by Gasteiger charge is 2.28. The zero-order valence-electron chi connectivity index (χ0n) is 13.1. The number of carbonyl (C=O) groups excluding carboxylic acids is 1. The molecule has 23 heavy (non-hydrogen) atoms. The van der Waals surface area contributed by atoms with Crippen molar-refractivity contribution in [3.05, 3.63) is 33.9 Å². The van der Waals surface area contributed by atoms with Gasteiger partial charge < -0.3 is 10.6 Å². The van der Waals surface area contributed by atoms with Crippen LogP contribution < -0.4 is 5.73 Å². The van der Waals surface area contributed by atoms with Crippen LogP contribution in [0.25, 0.3) is 0 Å². The number of rotatable bonds is 3. The van der Waals surface area contributed by atoms with Gasteiger partial charge in [0.15, 0.2) is 0 Å². The summed E-state index contributed by atoms with van der Waals surface area (Å²) >= 11 is 0. The summed E-state index contributed by atoms with van der Waals surface area (Å²) in [6.45, 7) is 3.11. The molecule has 0 spiro atoms. The lowest BCUT2D eigenvalue weighted by molar-refractivity contribution is -0.383. The fourth-order valence-electron chi connectivity index (χ4n) is 3.58. The van der Waals surface area contributed by atoms with Gasteiger partial charge >= 0.3 is 0 Å². The Kier molecular flexibility index (Phi) is 4.47. The standard InChI is InChI=1S/C16H22N4O3/c17-14-6-5-12(11-15(14)20(22)23)16(21)19-9-7-18(8-10-19)13-3-1-2-4-13/h5-6,11,13H,1-4,7-10,17H2. The maximum absolute atomic E-state index is 12.6. The van der Waals surface area contributed by atoms with Crippen molar-refractivity contribution in [3.8, 4) is 0 Å². The molecule has 2 aliphatic rings. The van der Waals surface area contributed by atoms with E-state index >= 15 is 0 Å². The minimum atomic E-state index is -0.551. The fourth-order valence-corrected chi connectivity index (χ4v) is 3.58. The van der Waals surface area contributed by atoms with Crippen molar-refractivity contribution >= 4 is 17.3 Å². The van der Waals surface area contributed by atoms with Gasteiger partial charge in [-0.3, -0.25) is 19.8 Å². The number of carbonyl (C=O) groups is 1. The normalized spacial score (nSPS) is 19.9. The highest BCUT2D eigenvalue weighted by Crippen LogP contribution is 2.26. The van der Waals surface area contributed by atoms with Gasteiger partial charge in [-0.1, -0.05) is 12.8 Å². The number of nitro benzene ring substituents is 1. The van der Waals surface area contributed by atoms with Crippen LogP contribution in [-0.4, -0.2) is 52.9 Å². The first kappa shape index (κ1) is 15.7. The lowest BCUT2D eigenvalue weighted by Crippen LogP contribution is -2.51. The Morgan fingerprint density at radius 1 is 1.17 bits per heavy atom. The molecule has 1 aliphatic heterocycles. The molecule has 1 saturated carbocycles. The van der Waals surface area contributed by atoms with E-state index in [1.807, 2.05) is 0 Å². The number of amides is 1. The first-order valence-corrected chi connectivity index (χ1v) is 8.13. The van der Waals surface area contributed by atoms with Gasteiger partial charge in [0.1, 0.15) is 5.69 Å². The zero-order valence-corrected chi connectivity index (χ0v) is 13.1. The Morgan fingerprint density at radius 3 is 2.43 bits per heavy atom. The van der Waals surface area contributed by atoms with Gasteiger partial charge in [0.2, 0.25) is 0 Å². The lowest BCUT2D eigenvalue weighted by Gasteiger charge is -2.38. The van der Waals surface area contributed by atoms with Crippen LogP contribution in [0, 0.1) is 10.1 Å².